The molecule has 0 aromatic rings. The summed E-state index contributed by atoms with van der Waals surface area (Å²) in [6.45, 7) is 0. The first-order chi connectivity index (χ1) is 11.1. The van der Waals surface area contributed by atoms with Gasteiger partial charge >= 0.3 is 17.6 Å². The Balaban J connectivity index is 3.64. The Hall–Kier alpha value is 1.94. The summed E-state index contributed by atoms with van der Waals surface area (Å²) in [4.78, 5) is 0. The molecule has 0 bridgehead atoms. The molecule has 0 saturated carbocycles. The molecule has 23 heavy (non-hydrogen) atoms. The Morgan fingerprint density at radius 1 is 0.522 bits per heavy atom. The first-order valence-corrected chi connectivity index (χ1v) is 17.0. The van der Waals surface area contributed by atoms with Crippen LogP contribution in [0, 0.1) is 0 Å². The predicted molar refractivity (Wildman–Crippen MR) is 111 cm³/mol. The van der Waals surface area contributed by atoms with Crippen LogP contribution in [0.25, 0.3) is 0 Å². The molecule has 13 heteroatoms. The fraction of sp³-hybridized carbons (Fsp3) is 1.00. The summed E-state index contributed by atoms with van der Waals surface area (Å²) in [6, 6.07) is 1.60. The highest BCUT2D eigenvalue weighted by Crippen LogP contribution is 2.49. The first kappa shape index (κ1) is 24.9. The summed E-state index contributed by atoms with van der Waals surface area (Å²) in [5.41, 5.74) is 0. The Morgan fingerprint density at radius 3 is 1.09 bits per heavy atom. The average Bonchev–Trinajstić information content (AvgIpc) is 2.61. The van der Waals surface area contributed by atoms with E-state index >= 15 is 0 Å². The Morgan fingerprint density at radius 2 is 0.826 bits per heavy atom. The maximum Gasteiger partial charge on any atom is 0.501 e. The van der Waals surface area contributed by atoms with E-state index in [9.17, 15) is 0 Å². The summed E-state index contributed by atoms with van der Waals surface area (Å²) >= 11 is 0. The molecule has 0 aliphatic rings. The SMILES string of the molecule is CO[Si](CCSSSSSCC[Si](OC)(OC)OC)(OC)OC. The van der Waals surface area contributed by atoms with Crippen molar-refractivity contribution in [1.82, 2.24) is 0 Å². The third-order valence-corrected chi connectivity index (χ3v) is 17.9. The van der Waals surface area contributed by atoms with Gasteiger partial charge in [-0.2, -0.15) is 0 Å². The quantitative estimate of drug-likeness (QED) is 0.191. The van der Waals surface area contributed by atoms with Crippen molar-refractivity contribution in [3.8, 4) is 0 Å². The molecule has 0 amide bonds. The van der Waals surface area contributed by atoms with Crippen LogP contribution in [-0.2, 0) is 26.6 Å². The second kappa shape index (κ2) is 15.0. The van der Waals surface area contributed by atoms with Crippen LogP contribution in [0.4, 0.5) is 0 Å². The van der Waals surface area contributed by atoms with Gasteiger partial charge in [-0.3, -0.25) is 0 Å². The Bertz CT molecular complexity index is 244. The molecule has 0 N–H and O–H groups in total. The molecular formula is C10H26O6S5Si2. The first-order valence-electron chi connectivity index (χ1n) is 6.63. The van der Waals surface area contributed by atoms with E-state index in [2.05, 4.69) is 0 Å². The third-order valence-electron chi connectivity index (χ3n) is 3.00. The lowest BCUT2D eigenvalue weighted by molar-refractivity contribution is 0.125. The lowest BCUT2D eigenvalue weighted by atomic mass is 11.0. The summed E-state index contributed by atoms with van der Waals surface area (Å²) in [5.74, 6) is 1.86. The molecule has 0 aromatic heterocycles. The molecule has 6 nitrogen and oxygen atoms in total. The number of hydrogen-bond acceptors (Lipinski definition) is 11. The van der Waals surface area contributed by atoms with Crippen molar-refractivity contribution < 1.29 is 26.6 Å². The summed E-state index contributed by atoms with van der Waals surface area (Å²) in [6.07, 6.45) is 0. The summed E-state index contributed by atoms with van der Waals surface area (Å²) < 4.78 is 32.3. The zero-order valence-electron chi connectivity index (χ0n) is 14.3. The van der Waals surface area contributed by atoms with Crippen molar-refractivity contribution in [2.24, 2.45) is 0 Å². The lowest BCUT2D eigenvalue weighted by Crippen LogP contribution is -2.43. The molecule has 140 valence electrons. The molecule has 0 saturated heterocycles. The van der Waals surface area contributed by atoms with E-state index in [1.54, 1.807) is 93.7 Å². The van der Waals surface area contributed by atoms with Gasteiger partial charge in [0.25, 0.3) is 0 Å². The monoisotopic (exact) mass is 458 g/mol. The van der Waals surface area contributed by atoms with E-state index in [1.165, 1.54) is 0 Å². The average molecular weight is 459 g/mol. The molecule has 0 aliphatic heterocycles. The molecule has 0 rings (SSSR count). The predicted octanol–water partition coefficient (Wildman–Crippen LogP) is 4.07. The lowest BCUT2D eigenvalue weighted by Gasteiger charge is -2.23. The van der Waals surface area contributed by atoms with Gasteiger partial charge < -0.3 is 26.6 Å². The van der Waals surface area contributed by atoms with Crippen molar-refractivity contribution in [2.75, 3.05) is 54.2 Å². The molecule has 0 fully saturated rings. The van der Waals surface area contributed by atoms with Gasteiger partial charge in [-0.25, -0.2) is 0 Å². The minimum atomic E-state index is -2.42. The molecule has 0 atom stereocenters. The van der Waals surface area contributed by atoms with Gasteiger partial charge in [0.15, 0.2) is 0 Å². The zero-order chi connectivity index (χ0) is 17.6. The molecule has 0 aliphatic carbocycles. The van der Waals surface area contributed by atoms with E-state index in [0.29, 0.717) is 0 Å². The van der Waals surface area contributed by atoms with Crippen LogP contribution in [-0.4, -0.2) is 71.8 Å². The van der Waals surface area contributed by atoms with E-state index in [-0.39, 0.29) is 0 Å². The molecule has 0 radical (unpaired) electrons. The van der Waals surface area contributed by atoms with Crippen molar-refractivity contribution in [3.63, 3.8) is 0 Å². The summed E-state index contributed by atoms with van der Waals surface area (Å²) in [5, 5.41) is 0. The van der Waals surface area contributed by atoms with Gasteiger partial charge in [-0.05, 0) is 29.5 Å². The highest BCUT2D eigenvalue weighted by molar-refractivity contribution is 9.35. The molecule has 0 aromatic carbocycles. The topological polar surface area (TPSA) is 55.4 Å². The van der Waals surface area contributed by atoms with Gasteiger partial charge in [0.1, 0.15) is 0 Å². The highest BCUT2D eigenvalue weighted by Gasteiger charge is 2.37. The normalized spacial score (nSPS) is 12.8. The van der Waals surface area contributed by atoms with E-state index in [1.807, 2.05) is 0 Å². The standard InChI is InChI=1S/C10H26O6S5Si2/c1-11-22(12-2,13-3)9-7-17-19-21-20-18-8-10-23(14-4,15-5)16-6/h7-10H2,1-6H3. The molecule has 0 unspecified atom stereocenters. The minimum absolute atomic E-state index is 0.802. The Kier molecular flexibility index (Phi) is 16.3. The summed E-state index contributed by atoms with van der Waals surface area (Å²) in [7, 11) is 13.8. The van der Waals surface area contributed by atoms with Crippen LogP contribution in [0.1, 0.15) is 0 Å². The van der Waals surface area contributed by atoms with Crippen molar-refractivity contribution in [1.29, 1.82) is 0 Å². The fourth-order valence-corrected chi connectivity index (χ4v) is 15.6. The molecule has 0 spiro atoms. The van der Waals surface area contributed by atoms with Crippen molar-refractivity contribution in [3.05, 3.63) is 0 Å². The van der Waals surface area contributed by atoms with Crippen LogP contribution in [0.2, 0.25) is 12.1 Å². The van der Waals surface area contributed by atoms with Gasteiger partial charge in [-0.15, -0.1) is 0 Å². The van der Waals surface area contributed by atoms with Crippen LogP contribution in [0.3, 0.4) is 0 Å². The molecule has 0 heterocycles. The maximum absolute atomic E-state index is 5.38. The van der Waals surface area contributed by atoms with Gasteiger partial charge in [0, 0.05) is 66.3 Å². The van der Waals surface area contributed by atoms with Gasteiger partial charge in [-0.1, -0.05) is 21.6 Å². The third kappa shape index (κ3) is 10.0. The maximum atomic E-state index is 5.38. The smallest absolute Gasteiger partial charge is 0.377 e. The number of hydrogen-bond donors (Lipinski definition) is 0. The second-order valence-electron chi connectivity index (χ2n) is 3.94. The van der Waals surface area contributed by atoms with Crippen molar-refractivity contribution in [2.45, 2.75) is 12.1 Å². The van der Waals surface area contributed by atoms with Crippen LogP contribution in [0.15, 0.2) is 0 Å². The van der Waals surface area contributed by atoms with Gasteiger partial charge in [0.05, 0.1) is 0 Å². The van der Waals surface area contributed by atoms with E-state index in [4.69, 9.17) is 26.6 Å². The second-order valence-corrected chi connectivity index (χ2v) is 18.1. The molecular weight excluding hydrogens is 433 g/mol. The zero-order valence-corrected chi connectivity index (χ0v) is 20.4. The van der Waals surface area contributed by atoms with Gasteiger partial charge in [0.2, 0.25) is 0 Å². The minimum Gasteiger partial charge on any atom is -0.377 e. The van der Waals surface area contributed by atoms with Crippen molar-refractivity contribution >= 4 is 68.7 Å². The Labute approximate surface area is 160 Å². The van der Waals surface area contributed by atoms with E-state index < -0.39 is 17.6 Å². The van der Waals surface area contributed by atoms with Crippen LogP contribution in [0.5, 0.6) is 0 Å². The van der Waals surface area contributed by atoms with E-state index in [0.717, 1.165) is 23.6 Å². The fourth-order valence-electron chi connectivity index (χ4n) is 1.56. The highest BCUT2D eigenvalue weighted by atomic mass is 33.8. The van der Waals surface area contributed by atoms with Crippen LogP contribution >= 0.6 is 51.1 Å². The largest absolute Gasteiger partial charge is 0.501 e. The number of rotatable bonds is 16. The van der Waals surface area contributed by atoms with Crippen LogP contribution < -0.4 is 0 Å².